The first-order valence-electron chi connectivity index (χ1n) is 22.3. The highest BCUT2D eigenvalue weighted by Crippen LogP contribution is 2.58. The van der Waals surface area contributed by atoms with Crippen LogP contribution in [0.4, 0.5) is 28.4 Å². The molecule has 304 valence electrons. The van der Waals surface area contributed by atoms with Crippen molar-refractivity contribution in [2.75, 3.05) is 9.71 Å². The van der Waals surface area contributed by atoms with Crippen LogP contribution in [0.1, 0.15) is 110 Å². The van der Waals surface area contributed by atoms with E-state index in [2.05, 4.69) is 232 Å². The van der Waals surface area contributed by atoms with Gasteiger partial charge in [0.15, 0.2) is 0 Å². The molecule has 0 bridgehead atoms. The minimum Gasteiger partial charge on any atom is -0.376 e. The summed E-state index contributed by atoms with van der Waals surface area (Å²) < 4.78 is 0. The number of fused-ring (bicyclic) bond motifs is 8. The van der Waals surface area contributed by atoms with E-state index in [4.69, 9.17) is 0 Å². The zero-order chi connectivity index (χ0) is 43.0. The number of aryl methyl sites for hydroxylation is 1. The molecule has 0 fully saturated rings. The van der Waals surface area contributed by atoms with Crippen molar-refractivity contribution in [3.63, 3.8) is 0 Å². The molecule has 2 heterocycles. The van der Waals surface area contributed by atoms with Crippen molar-refractivity contribution in [2.24, 2.45) is 0 Å². The Morgan fingerprint density at radius 1 is 0.475 bits per heavy atom. The zero-order valence-corrected chi connectivity index (χ0v) is 38.3. The lowest BCUT2D eigenvalue weighted by Crippen LogP contribution is -2.62. The molecule has 0 atom stereocenters. The van der Waals surface area contributed by atoms with Crippen LogP contribution in [-0.4, -0.2) is 6.85 Å². The Bertz CT molecular complexity index is 2890. The van der Waals surface area contributed by atoms with E-state index in [9.17, 15) is 0 Å². The van der Waals surface area contributed by atoms with Gasteiger partial charge in [-0.05, 0) is 138 Å². The molecule has 0 radical (unpaired) electrons. The second-order valence-electron chi connectivity index (χ2n) is 21.6. The first kappa shape index (κ1) is 39.3. The number of benzene rings is 7. The van der Waals surface area contributed by atoms with Crippen LogP contribution in [0.5, 0.6) is 0 Å². The highest BCUT2D eigenvalue weighted by molar-refractivity contribution is 6.93. The Morgan fingerprint density at radius 2 is 1.03 bits per heavy atom. The van der Waals surface area contributed by atoms with Gasteiger partial charge in [-0.1, -0.05) is 173 Å². The van der Waals surface area contributed by atoms with Gasteiger partial charge in [-0.3, -0.25) is 0 Å². The van der Waals surface area contributed by atoms with Crippen LogP contribution in [0.3, 0.4) is 0 Å². The standard InChI is InChI=1S/C58H59BN2/c1-36-17-13-14-18-43(36)37-33-47-46-31-30-45-44-19-15-16-20-48(44)58(11,12)52(45)54(46)61(42-28-23-39(24-29-42)56(5,6)7)59-49-35-40(57(8,9)10)25-32-50(49)60(51(34-37)53(47)59)41-26-21-38(22-27-41)55(2,3)4/h13-35H,1-12H3. The molecule has 0 spiro atoms. The number of anilines is 5. The van der Waals surface area contributed by atoms with Crippen LogP contribution in [0.2, 0.25) is 0 Å². The predicted molar refractivity (Wildman–Crippen MR) is 264 cm³/mol. The van der Waals surface area contributed by atoms with Crippen LogP contribution in [0, 0.1) is 6.92 Å². The van der Waals surface area contributed by atoms with E-state index < -0.39 is 0 Å². The fourth-order valence-electron chi connectivity index (χ4n) is 10.6. The number of nitrogens with zero attached hydrogens (tertiary/aromatic N) is 2. The van der Waals surface area contributed by atoms with Gasteiger partial charge in [0.1, 0.15) is 0 Å². The number of hydrogen-bond donors (Lipinski definition) is 0. The SMILES string of the molecule is Cc1ccccc1-c1cc2c3c(c1)N(c1ccc(C(C)(C)C)cc1)c1ccc(C(C)(C)C)cc1B3N(c1ccc(C(C)(C)C)cc1)c1c-2ccc2c1C(C)(C)c1ccccc1-2. The molecule has 61 heavy (non-hydrogen) atoms. The first-order chi connectivity index (χ1) is 28.8. The zero-order valence-electron chi connectivity index (χ0n) is 38.3. The van der Waals surface area contributed by atoms with E-state index >= 15 is 0 Å². The van der Waals surface area contributed by atoms with E-state index in [0.29, 0.717) is 0 Å². The average Bonchev–Trinajstić information content (AvgIpc) is 3.46. The molecule has 7 aromatic carbocycles. The third-order valence-electron chi connectivity index (χ3n) is 14.0. The third kappa shape index (κ3) is 6.05. The van der Waals surface area contributed by atoms with Crippen molar-refractivity contribution >= 4 is 46.2 Å². The van der Waals surface area contributed by atoms with Crippen molar-refractivity contribution in [3.8, 4) is 33.4 Å². The smallest absolute Gasteiger partial charge is 0.333 e. The summed E-state index contributed by atoms with van der Waals surface area (Å²) in [6.45, 7) is 27.9. The van der Waals surface area contributed by atoms with Gasteiger partial charge in [-0.2, -0.15) is 0 Å². The lowest BCUT2D eigenvalue weighted by molar-refractivity contribution is 0.590. The van der Waals surface area contributed by atoms with Gasteiger partial charge < -0.3 is 9.71 Å². The summed E-state index contributed by atoms with van der Waals surface area (Å²) in [5, 5.41) is 0. The maximum absolute atomic E-state index is 2.75. The molecule has 2 nitrogen and oxygen atoms in total. The summed E-state index contributed by atoms with van der Waals surface area (Å²) in [7, 11) is 0. The van der Waals surface area contributed by atoms with Gasteiger partial charge in [0.05, 0.1) is 0 Å². The molecule has 2 aliphatic heterocycles. The largest absolute Gasteiger partial charge is 0.376 e. The normalized spacial score (nSPS) is 14.9. The van der Waals surface area contributed by atoms with Gasteiger partial charge in [-0.15, -0.1) is 0 Å². The maximum atomic E-state index is 2.75. The Morgan fingerprint density at radius 3 is 1.66 bits per heavy atom. The molecular weight excluding hydrogens is 735 g/mol. The molecule has 0 saturated heterocycles. The highest BCUT2D eigenvalue weighted by atomic mass is 15.2. The lowest BCUT2D eigenvalue weighted by atomic mass is 9.42. The summed E-state index contributed by atoms with van der Waals surface area (Å²) in [6.07, 6.45) is 0. The summed E-state index contributed by atoms with van der Waals surface area (Å²) in [5.41, 5.74) is 24.6. The van der Waals surface area contributed by atoms with Gasteiger partial charge in [0.2, 0.25) is 0 Å². The Labute approximate surface area is 365 Å². The molecule has 0 N–H and O–H groups in total. The van der Waals surface area contributed by atoms with E-state index in [0.717, 1.165) is 0 Å². The highest BCUT2D eigenvalue weighted by Gasteiger charge is 2.49. The second kappa shape index (κ2) is 13.4. The minimum absolute atomic E-state index is 0.0387. The minimum atomic E-state index is -0.222. The summed E-state index contributed by atoms with van der Waals surface area (Å²) in [4.78, 5) is 5.32. The van der Waals surface area contributed by atoms with Crippen molar-refractivity contribution in [1.29, 1.82) is 0 Å². The molecular formula is C58H59BN2. The van der Waals surface area contributed by atoms with Crippen LogP contribution in [0.25, 0.3) is 33.4 Å². The molecule has 10 rings (SSSR count). The van der Waals surface area contributed by atoms with Gasteiger partial charge in [-0.25, -0.2) is 0 Å². The monoisotopic (exact) mass is 794 g/mol. The van der Waals surface area contributed by atoms with Crippen LogP contribution >= 0.6 is 0 Å². The van der Waals surface area contributed by atoms with Gasteiger partial charge >= 0.3 is 6.85 Å². The molecule has 3 heteroatoms. The van der Waals surface area contributed by atoms with Crippen molar-refractivity contribution < 1.29 is 0 Å². The molecule has 3 aliphatic rings. The average molecular weight is 795 g/mol. The van der Waals surface area contributed by atoms with Gasteiger partial charge in [0, 0.05) is 39.4 Å². The maximum Gasteiger partial charge on any atom is 0.333 e. The number of hydrogen-bond acceptors (Lipinski definition) is 2. The van der Waals surface area contributed by atoms with E-state index in [1.807, 2.05) is 0 Å². The fraction of sp³-hybridized carbons (Fsp3) is 0.276. The molecule has 0 amide bonds. The molecule has 0 unspecified atom stereocenters. The molecule has 0 saturated carbocycles. The topological polar surface area (TPSA) is 6.48 Å². The molecule has 1 aliphatic carbocycles. The quantitative estimate of drug-likeness (QED) is 0.164. The second-order valence-corrected chi connectivity index (χ2v) is 21.6. The van der Waals surface area contributed by atoms with Crippen LogP contribution < -0.4 is 20.6 Å². The Balaban J connectivity index is 1.37. The van der Waals surface area contributed by atoms with Crippen molar-refractivity contribution in [1.82, 2.24) is 0 Å². The van der Waals surface area contributed by atoms with E-state index in [1.165, 1.54) is 106 Å². The summed E-state index contributed by atoms with van der Waals surface area (Å²) in [6, 6.07) is 54.1. The van der Waals surface area contributed by atoms with Gasteiger partial charge in [0.25, 0.3) is 0 Å². The van der Waals surface area contributed by atoms with E-state index in [1.54, 1.807) is 0 Å². The number of rotatable bonds is 3. The van der Waals surface area contributed by atoms with Crippen LogP contribution in [0.15, 0.2) is 140 Å². The summed E-state index contributed by atoms with van der Waals surface area (Å²) >= 11 is 0. The van der Waals surface area contributed by atoms with Crippen molar-refractivity contribution in [2.45, 2.75) is 105 Å². The third-order valence-corrected chi connectivity index (χ3v) is 14.0. The fourth-order valence-corrected chi connectivity index (χ4v) is 10.6. The predicted octanol–water partition coefficient (Wildman–Crippen LogP) is 14.6. The van der Waals surface area contributed by atoms with E-state index in [-0.39, 0.29) is 28.5 Å². The van der Waals surface area contributed by atoms with Crippen LogP contribution in [-0.2, 0) is 21.7 Å². The Hall–Kier alpha value is -5.80. The first-order valence-corrected chi connectivity index (χ1v) is 22.3. The molecule has 7 aromatic rings. The molecule has 0 aromatic heterocycles. The summed E-state index contributed by atoms with van der Waals surface area (Å²) in [5.74, 6) is 0. The van der Waals surface area contributed by atoms with Crippen molar-refractivity contribution in [3.05, 3.63) is 173 Å². The Kier molecular flexibility index (Phi) is 8.61. The lowest BCUT2D eigenvalue weighted by Gasteiger charge is -2.47.